The predicted molar refractivity (Wildman–Crippen MR) is 94.3 cm³/mol. The van der Waals surface area contributed by atoms with Gasteiger partial charge < -0.3 is 14.2 Å². The van der Waals surface area contributed by atoms with Crippen LogP contribution >= 0.6 is 0 Å². The maximum absolute atomic E-state index is 11.8. The van der Waals surface area contributed by atoms with E-state index in [1.54, 1.807) is 38.5 Å². The van der Waals surface area contributed by atoms with Crippen molar-refractivity contribution >= 4 is 12.0 Å². The fraction of sp³-hybridized carbons (Fsp3) is 0.250. The molecule has 0 N–H and O–H groups in total. The standard InChI is InChI=1S/C20H22O4/c1-22-18-11-12-19(23-2)17(15-18)10-13-20(21)24-14-6-9-16-7-4-3-5-8-16/h3-5,7-8,10-13,15H,6,9,14H2,1-2H3/b13-10+. The van der Waals surface area contributed by atoms with E-state index in [4.69, 9.17) is 14.2 Å². The van der Waals surface area contributed by atoms with Crippen LogP contribution in [0.4, 0.5) is 0 Å². The largest absolute Gasteiger partial charge is 0.497 e. The highest BCUT2D eigenvalue weighted by molar-refractivity contribution is 5.87. The van der Waals surface area contributed by atoms with E-state index in [-0.39, 0.29) is 5.97 Å². The van der Waals surface area contributed by atoms with E-state index in [2.05, 4.69) is 12.1 Å². The number of benzene rings is 2. The number of methoxy groups -OCH3 is 2. The van der Waals surface area contributed by atoms with Crippen LogP contribution in [0.25, 0.3) is 6.08 Å². The van der Waals surface area contributed by atoms with Gasteiger partial charge in [-0.15, -0.1) is 0 Å². The number of aryl methyl sites for hydroxylation is 1. The summed E-state index contributed by atoms with van der Waals surface area (Å²) in [4.78, 5) is 11.8. The molecular formula is C20H22O4. The van der Waals surface area contributed by atoms with Crippen molar-refractivity contribution < 1.29 is 19.0 Å². The van der Waals surface area contributed by atoms with Crippen molar-refractivity contribution in [3.63, 3.8) is 0 Å². The molecule has 126 valence electrons. The van der Waals surface area contributed by atoms with Crippen LogP contribution in [0.5, 0.6) is 11.5 Å². The monoisotopic (exact) mass is 326 g/mol. The molecule has 0 aromatic heterocycles. The zero-order chi connectivity index (χ0) is 17.2. The molecule has 2 rings (SSSR count). The lowest BCUT2D eigenvalue weighted by molar-refractivity contribution is -0.137. The van der Waals surface area contributed by atoms with Crippen molar-refractivity contribution in [2.75, 3.05) is 20.8 Å². The third-order valence-electron chi connectivity index (χ3n) is 3.53. The molecule has 0 spiro atoms. The average molecular weight is 326 g/mol. The fourth-order valence-corrected chi connectivity index (χ4v) is 2.27. The molecule has 2 aromatic carbocycles. The van der Waals surface area contributed by atoms with Gasteiger partial charge in [0.1, 0.15) is 11.5 Å². The van der Waals surface area contributed by atoms with Crippen molar-refractivity contribution in [1.29, 1.82) is 0 Å². The second kappa shape index (κ2) is 9.40. The summed E-state index contributed by atoms with van der Waals surface area (Å²) in [6.45, 7) is 0.396. The minimum absolute atomic E-state index is 0.368. The summed E-state index contributed by atoms with van der Waals surface area (Å²) in [5.41, 5.74) is 2.00. The summed E-state index contributed by atoms with van der Waals surface area (Å²) in [5.74, 6) is 1.00. The van der Waals surface area contributed by atoms with E-state index in [0.29, 0.717) is 18.1 Å². The summed E-state index contributed by atoms with van der Waals surface area (Å²) in [6, 6.07) is 15.5. The molecule has 0 amide bonds. The van der Waals surface area contributed by atoms with E-state index in [9.17, 15) is 4.79 Å². The number of hydrogen-bond donors (Lipinski definition) is 0. The Kier molecular flexibility index (Phi) is 6.90. The van der Waals surface area contributed by atoms with E-state index in [1.165, 1.54) is 11.6 Å². The van der Waals surface area contributed by atoms with E-state index in [1.807, 2.05) is 18.2 Å². The highest BCUT2D eigenvalue weighted by Gasteiger charge is 2.03. The Balaban J connectivity index is 1.82. The highest BCUT2D eigenvalue weighted by Crippen LogP contribution is 2.25. The van der Waals surface area contributed by atoms with Crippen LogP contribution in [0, 0.1) is 0 Å². The van der Waals surface area contributed by atoms with Gasteiger partial charge in [0.15, 0.2) is 0 Å². The zero-order valence-corrected chi connectivity index (χ0v) is 14.0. The van der Waals surface area contributed by atoms with Gasteiger partial charge in [-0.2, -0.15) is 0 Å². The fourth-order valence-electron chi connectivity index (χ4n) is 2.27. The molecule has 0 saturated heterocycles. The maximum Gasteiger partial charge on any atom is 0.330 e. The van der Waals surface area contributed by atoms with Crippen molar-refractivity contribution in [1.82, 2.24) is 0 Å². The smallest absolute Gasteiger partial charge is 0.330 e. The van der Waals surface area contributed by atoms with Gasteiger partial charge in [-0.3, -0.25) is 0 Å². The molecule has 0 unspecified atom stereocenters. The molecule has 0 aliphatic carbocycles. The summed E-state index contributed by atoms with van der Waals surface area (Å²) in [7, 11) is 3.18. The lowest BCUT2D eigenvalue weighted by Gasteiger charge is -2.07. The average Bonchev–Trinajstić information content (AvgIpc) is 2.64. The Hall–Kier alpha value is -2.75. The number of carbonyl (C=O) groups is 1. The molecule has 0 aliphatic rings. The summed E-state index contributed by atoms with van der Waals surface area (Å²) >= 11 is 0. The first-order chi connectivity index (χ1) is 11.7. The second-order valence-corrected chi connectivity index (χ2v) is 5.20. The van der Waals surface area contributed by atoms with E-state index >= 15 is 0 Å². The van der Waals surface area contributed by atoms with Crippen molar-refractivity contribution in [2.45, 2.75) is 12.8 Å². The number of ether oxygens (including phenoxy) is 3. The number of rotatable bonds is 8. The van der Waals surface area contributed by atoms with E-state index in [0.717, 1.165) is 18.4 Å². The molecule has 24 heavy (non-hydrogen) atoms. The Bertz CT molecular complexity index is 677. The number of esters is 1. The van der Waals surface area contributed by atoms with Gasteiger partial charge in [-0.25, -0.2) is 4.79 Å². The van der Waals surface area contributed by atoms with Crippen molar-refractivity contribution in [3.05, 3.63) is 65.7 Å². The lowest BCUT2D eigenvalue weighted by Crippen LogP contribution is -2.03. The lowest BCUT2D eigenvalue weighted by atomic mass is 10.1. The van der Waals surface area contributed by atoms with Gasteiger partial charge in [0.05, 0.1) is 20.8 Å². The van der Waals surface area contributed by atoms with Gasteiger partial charge in [0, 0.05) is 11.6 Å². The molecular weight excluding hydrogens is 304 g/mol. The predicted octanol–water partition coefficient (Wildman–Crippen LogP) is 3.89. The third kappa shape index (κ3) is 5.47. The SMILES string of the molecule is COc1ccc(OC)c(/C=C/C(=O)OCCCc2ccccc2)c1. The van der Waals surface area contributed by atoms with E-state index < -0.39 is 0 Å². The van der Waals surface area contributed by atoms with Crippen LogP contribution in [-0.4, -0.2) is 26.8 Å². The topological polar surface area (TPSA) is 44.8 Å². The molecule has 0 atom stereocenters. The Morgan fingerprint density at radius 2 is 1.83 bits per heavy atom. The Morgan fingerprint density at radius 1 is 1.04 bits per heavy atom. The van der Waals surface area contributed by atoms with Crippen LogP contribution < -0.4 is 9.47 Å². The minimum atomic E-state index is -0.368. The highest BCUT2D eigenvalue weighted by atomic mass is 16.5. The van der Waals surface area contributed by atoms with Crippen LogP contribution in [0.1, 0.15) is 17.5 Å². The van der Waals surface area contributed by atoms with Gasteiger partial charge in [0.2, 0.25) is 0 Å². The molecule has 4 heteroatoms. The quantitative estimate of drug-likeness (QED) is 0.419. The van der Waals surface area contributed by atoms with Crippen LogP contribution in [0.3, 0.4) is 0 Å². The molecule has 0 bridgehead atoms. The van der Waals surface area contributed by atoms with Gasteiger partial charge in [-0.05, 0) is 42.7 Å². The molecule has 0 aliphatic heterocycles. The summed E-state index contributed by atoms with van der Waals surface area (Å²) in [6.07, 6.45) is 4.76. The molecule has 0 saturated carbocycles. The van der Waals surface area contributed by atoms with Crippen LogP contribution in [-0.2, 0) is 16.0 Å². The molecule has 2 aromatic rings. The van der Waals surface area contributed by atoms with Gasteiger partial charge in [-0.1, -0.05) is 30.3 Å². The second-order valence-electron chi connectivity index (χ2n) is 5.20. The van der Waals surface area contributed by atoms with Crippen LogP contribution in [0.15, 0.2) is 54.6 Å². The first kappa shape index (κ1) is 17.6. The maximum atomic E-state index is 11.8. The molecule has 4 nitrogen and oxygen atoms in total. The van der Waals surface area contributed by atoms with Gasteiger partial charge >= 0.3 is 5.97 Å². The summed E-state index contributed by atoms with van der Waals surface area (Å²) in [5, 5.41) is 0. The first-order valence-corrected chi connectivity index (χ1v) is 7.83. The van der Waals surface area contributed by atoms with Crippen LogP contribution in [0.2, 0.25) is 0 Å². The number of carbonyl (C=O) groups excluding carboxylic acids is 1. The minimum Gasteiger partial charge on any atom is -0.497 e. The normalized spacial score (nSPS) is 10.6. The van der Waals surface area contributed by atoms with Crippen molar-refractivity contribution in [3.8, 4) is 11.5 Å². The Morgan fingerprint density at radius 3 is 2.54 bits per heavy atom. The number of hydrogen-bond acceptors (Lipinski definition) is 4. The summed E-state index contributed by atoms with van der Waals surface area (Å²) < 4.78 is 15.7. The zero-order valence-electron chi connectivity index (χ0n) is 14.0. The first-order valence-electron chi connectivity index (χ1n) is 7.83. The molecule has 0 heterocycles. The third-order valence-corrected chi connectivity index (χ3v) is 3.53. The molecule has 0 radical (unpaired) electrons. The van der Waals surface area contributed by atoms with Crippen molar-refractivity contribution in [2.24, 2.45) is 0 Å². The Labute approximate surface area is 142 Å². The van der Waals surface area contributed by atoms with Gasteiger partial charge in [0.25, 0.3) is 0 Å². The molecule has 0 fully saturated rings.